The van der Waals surface area contributed by atoms with E-state index in [1.807, 2.05) is 24.3 Å². The standard InChI is InChI=1S/C22H18ClFO2/c1-14-10-12-18(23)22(26)21(14)20(25)13-11-15-6-2-3-7-16(15)17-8-4-5-9-19(17)24/h2-10,12,26H,11,13H2,1H3. The van der Waals surface area contributed by atoms with E-state index >= 15 is 0 Å². The Morgan fingerprint density at radius 3 is 2.38 bits per heavy atom. The van der Waals surface area contributed by atoms with E-state index in [1.54, 1.807) is 37.3 Å². The average molecular weight is 369 g/mol. The van der Waals surface area contributed by atoms with Gasteiger partial charge in [-0.3, -0.25) is 4.79 Å². The van der Waals surface area contributed by atoms with Crippen LogP contribution in [0.15, 0.2) is 60.7 Å². The maximum atomic E-state index is 14.2. The monoisotopic (exact) mass is 368 g/mol. The molecule has 0 atom stereocenters. The van der Waals surface area contributed by atoms with Crippen LogP contribution in [-0.4, -0.2) is 10.9 Å². The summed E-state index contributed by atoms with van der Waals surface area (Å²) in [6.07, 6.45) is 0.634. The van der Waals surface area contributed by atoms with Gasteiger partial charge in [0, 0.05) is 12.0 Å². The van der Waals surface area contributed by atoms with Crippen molar-refractivity contribution >= 4 is 17.4 Å². The van der Waals surface area contributed by atoms with Crippen molar-refractivity contribution in [1.82, 2.24) is 0 Å². The number of rotatable bonds is 5. The fraction of sp³-hybridized carbons (Fsp3) is 0.136. The van der Waals surface area contributed by atoms with Crippen molar-refractivity contribution < 1.29 is 14.3 Å². The number of carbonyl (C=O) groups is 1. The molecule has 3 aromatic rings. The van der Waals surface area contributed by atoms with E-state index in [0.717, 1.165) is 11.1 Å². The van der Waals surface area contributed by atoms with Crippen LogP contribution >= 0.6 is 11.6 Å². The number of ketones is 1. The molecule has 4 heteroatoms. The zero-order valence-corrected chi connectivity index (χ0v) is 15.1. The van der Waals surface area contributed by atoms with Crippen molar-refractivity contribution in [3.8, 4) is 16.9 Å². The quantitative estimate of drug-likeness (QED) is 0.563. The minimum absolute atomic E-state index is 0.158. The molecule has 0 aliphatic carbocycles. The molecule has 0 amide bonds. The summed E-state index contributed by atoms with van der Waals surface area (Å²) >= 11 is 5.93. The van der Waals surface area contributed by atoms with Gasteiger partial charge < -0.3 is 5.11 Å². The highest BCUT2D eigenvalue weighted by Gasteiger charge is 2.17. The summed E-state index contributed by atoms with van der Waals surface area (Å²) in [6, 6.07) is 17.3. The zero-order valence-electron chi connectivity index (χ0n) is 14.3. The first-order chi connectivity index (χ1) is 12.5. The Morgan fingerprint density at radius 1 is 1.00 bits per heavy atom. The van der Waals surface area contributed by atoms with Gasteiger partial charge in [0.2, 0.25) is 0 Å². The SMILES string of the molecule is Cc1ccc(Cl)c(O)c1C(=O)CCc1ccccc1-c1ccccc1F. The Morgan fingerprint density at radius 2 is 1.65 bits per heavy atom. The largest absolute Gasteiger partial charge is 0.506 e. The van der Waals surface area contributed by atoms with Crippen LogP contribution in [0.25, 0.3) is 11.1 Å². The first-order valence-electron chi connectivity index (χ1n) is 8.33. The van der Waals surface area contributed by atoms with Crippen LogP contribution in [0.5, 0.6) is 5.75 Å². The van der Waals surface area contributed by atoms with Crippen molar-refractivity contribution in [3.63, 3.8) is 0 Å². The molecule has 0 bridgehead atoms. The summed E-state index contributed by atoms with van der Waals surface area (Å²) in [5.41, 5.74) is 3.09. The predicted octanol–water partition coefficient (Wildman–Crippen LogP) is 5.98. The summed E-state index contributed by atoms with van der Waals surface area (Å²) in [5.74, 6) is -0.667. The number of hydrogen-bond acceptors (Lipinski definition) is 2. The smallest absolute Gasteiger partial charge is 0.167 e. The number of phenols is 1. The second-order valence-electron chi connectivity index (χ2n) is 6.15. The maximum Gasteiger partial charge on any atom is 0.167 e. The molecule has 0 saturated carbocycles. The summed E-state index contributed by atoms with van der Waals surface area (Å²) < 4.78 is 14.2. The molecule has 3 rings (SSSR count). The van der Waals surface area contributed by atoms with Gasteiger partial charge in [0.05, 0.1) is 10.6 Å². The summed E-state index contributed by atoms with van der Waals surface area (Å²) in [7, 11) is 0. The Balaban J connectivity index is 1.87. The molecule has 0 unspecified atom stereocenters. The third-order valence-corrected chi connectivity index (χ3v) is 4.72. The van der Waals surface area contributed by atoms with E-state index < -0.39 is 0 Å². The van der Waals surface area contributed by atoms with E-state index in [0.29, 0.717) is 17.5 Å². The van der Waals surface area contributed by atoms with Crippen molar-refractivity contribution in [2.24, 2.45) is 0 Å². The summed E-state index contributed by atoms with van der Waals surface area (Å²) in [5, 5.41) is 10.3. The fourth-order valence-electron chi connectivity index (χ4n) is 3.07. The van der Waals surface area contributed by atoms with Crippen LogP contribution in [0.3, 0.4) is 0 Å². The van der Waals surface area contributed by atoms with Gasteiger partial charge in [0.1, 0.15) is 11.6 Å². The van der Waals surface area contributed by atoms with Crippen molar-refractivity contribution in [1.29, 1.82) is 0 Å². The molecule has 0 fully saturated rings. The predicted molar refractivity (Wildman–Crippen MR) is 102 cm³/mol. The van der Waals surface area contributed by atoms with Gasteiger partial charge in [-0.15, -0.1) is 0 Å². The number of hydrogen-bond donors (Lipinski definition) is 1. The molecule has 0 aliphatic heterocycles. The molecular weight excluding hydrogens is 351 g/mol. The molecule has 0 aliphatic rings. The third-order valence-electron chi connectivity index (χ3n) is 4.42. The first kappa shape index (κ1) is 18.2. The van der Waals surface area contributed by atoms with Crippen molar-refractivity contribution in [2.45, 2.75) is 19.8 Å². The van der Waals surface area contributed by atoms with E-state index in [4.69, 9.17) is 11.6 Å². The highest BCUT2D eigenvalue weighted by molar-refractivity contribution is 6.32. The lowest BCUT2D eigenvalue weighted by Crippen LogP contribution is -2.05. The molecule has 3 aromatic carbocycles. The van der Waals surface area contributed by atoms with Crippen LogP contribution < -0.4 is 0 Å². The first-order valence-corrected chi connectivity index (χ1v) is 8.71. The lowest BCUT2D eigenvalue weighted by atomic mass is 9.93. The van der Waals surface area contributed by atoms with Crippen LogP contribution in [0.1, 0.15) is 27.9 Å². The summed E-state index contributed by atoms with van der Waals surface area (Å²) in [4.78, 5) is 12.6. The maximum absolute atomic E-state index is 14.2. The average Bonchev–Trinajstić information content (AvgIpc) is 2.64. The lowest BCUT2D eigenvalue weighted by molar-refractivity contribution is 0.0979. The Hall–Kier alpha value is -2.65. The number of halogens is 2. The lowest BCUT2D eigenvalue weighted by Gasteiger charge is -2.12. The number of benzene rings is 3. The molecule has 0 saturated heterocycles. The zero-order chi connectivity index (χ0) is 18.7. The van der Waals surface area contributed by atoms with Crippen LogP contribution in [0.4, 0.5) is 4.39 Å². The van der Waals surface area contributed by atoms with Gasteiger partial charge in [0.15, 0.2) is 5.78 Å². The number of aromatic hydroxyl groups is 1. The Labute approximate surface area is 156 Å². The van der Waals surface area contributed by atoms with E-state index in [1.165, 1.54) is 6.07 Å². The molecule has 0 heterocycles. The molecule has 0 spiro atoms. The van der Waals surface area contributed by atoms with E-state index in [2.05, 4.69) is 0 Å². The molecule has 26 heavy (non-hydrogen) atoms. The van der Waals surface area contributed by atoms with Crippen LogP contribution in [-0.2, 0) is 6.42 Å². The molecule has 0 aromatic heterocycles. The number of carbonyl (C=O) groups excluding carboxylic acids is 1. The van der Waals surface area contributed by atoms with E-state index in [9.17, 15) is 14.3 Å². The normalized spacial score (nSPS) is 10.7. The second kappa shape index (κ2) is 7.71. The molecule has 2 nitrogen and oxygen atoms in total. The number of aryl methyl sites for hydroxylation is 2. The topological polar surface area (TPSA) is 37.3 Å². The third kappa shape index (κ3) is 3.63. The van der Waals surface area contributed by atoms with Gasteiger partial charge in [-0.2, -0.15) is 0 Å². The molecule has 132 valence electrons. The highest BCUT2D eigenvalue weighted by Crippen LogP contribution is 2.32. The highest BCUT2D eigenvalue weighted by atomic mass is 35.5. The number of phenolic OH excluding ortho intramolecular Hbond substituents is 1. The molecule has 0 radical (unpaired) electrons. The molecular formula is C22H18ClFO2. The van der Waals surface area contributed by atoms with Gasteiger partial charge in [-0.1, -0.05) is 60.1 Å². The van der Waals surface area contributed by atoms with Gasteiger partial charge in [0.25, 0.3) is 0 Å². The van der Waals surface area contributed by atoms with Gasteiger partial charge in [-0.25, -0.2) is 4.39 Å². The molecule has 1 N–H and O–H groups in total. The Bertz CT molecular complexity index is 966. The fourth-order valence-corrected chi connectivity index (χ4v) is 3.23. The van der Waals surface area contributed by atoms with E-state index in [-0.39, 0.29) is 34.4 Å². The minimum Gasteiger partial charge on any atom is -0.506 e. The van der Waals surface area contributed by atoms with Gasteiger partial charge in [-0.05, 0) is 42.2 Å². The van der Waals surface area contributed by atoms with Crippen molar-refractivity contribution in [3.05, 3.63) is 88.2 Å². The van der Waals surface area contributed by atoms with Gasteiger partial charge >= 0.3 is 0 Å². The second-order valence-corrected chi connectivity index (χ2v) is 6.56. The number of Topliss-reactive ketones (excluding diaryl/α,β-unsaturated/α-hetero) is 1. The Kier molecular flexibility index (Phi) is 5.38. The van der Waals surface area contributed by atoms with Crippen molar-refractivity contribution in [2.75, 3.05) is 0 Å². The van der Waals surface area contributed by atoms with Crippen LogP contribution in [0.2, 0.25) is 5.02 Å². The summed E-state index contributed by atoms with van der Waals surface area (Å²) in [6.45, 7) is 1.76. The minimum atomic E-state index is -0.297. The van der Waals surface area contributed by atoms with Crippen LogP contribution in [0, 0.1) is 12.7 Å².